The molecule has 1 aromatic heterocycles. The van der Waals surface area contributed by atoms with Crippen LogP contribution in [0.3, 0.4) is 0 Å². The highest BCUT2D eigenvalue weighted by molar-refractivity contribution is 7.14. The number of thiazole rings is 1. The number of nitrogens with one attached hydrogen (secondary N) is 1. The Morgan fingerprint density at radius 2 is 1.47 bits per heavy atom. The third-order valence-electron chi connectivity index (χ3n) is 8.31. The van der Waals surface area contributed by atoms with E-state index < -0.39 is 17.1 Å². The van der Waals surface area contributed by atoms with Gasteiger partial charge >= 0.3 is 12.1 Å². The normalized spacial score (nSPS) is 13.2. The van der Waals surface area contributed by atoms with Crippen molar-refractivity contribution in [1.82, 2.24) is 9.88 Å². The lowest BCUT2D eigenvalue weighted by molar-refractivity contribution is -0.129. The Morgan fingerprint density at radius 1 is 0.863 bits per heavy atom. The maximum Gasteiger partial charge on any atom is 0.410 e. The molecule has 1 aliphatic heterocycles. The number of aromatic nitrogens is 1. The third kappa shape index (κ3) is 8.38. The van der Waals surface area contributed by atoms with E-state index in [2.05, 4.69) is 51.9 Å². The Balaban J connectivity index is 1.13. The van der Waals surface area contributed by atoms with Crippen molar-refractivity contribution < 1.29 is 29.0 Å². The summed E-state index contributed by atoms with van der Waals surface area (Å²) in [4.78, 5) is 36.6. The molecule has 0 bridgehead atoms. The van der Waals surface area contributed by atoms with Gasteiger partial charge < -0.3 is 29.6 Å². The number of carbonyl (C=O) groups is 2. The molecule has 0 saturated heterocycles. The summed E-state index contributed by atoms with van der Waals surface area (Å²) in [6.45, 7) is 6.76. The number of carboxylic acid groups (broad SMARTS) is 1. The summed E-state index contributed by atoms with van der Waals surface area (Å²) in [5.41, 5.74) is 3.63. The first kappa shape index (κ1) is 35.2. The summed E-state index contributed by atoms with van der Waals surface area (Å²) in [5, 5.41) is 19.8. The highest BCUT2D eigenvalue weighted by atomic mass is 32.1. The largest absolute Gasteiger partial charge is 0.490 e. The molecule has 51 heavy (non-hydrogen) atoms. The van der Waals surface area contributed by atoms with Gasteiger partial charge in [0.25, 0.3) is 0 Å². The van der Waals surface area contributed by atoms with Gasteiger partial charge in [-0.2, -0.15) is 0 Å². The minimum Gasteiger partial charge on any atom is -0.490 e. The molecule has 0 unspecified atom stereocenters. The van der Waals surface area contributed by atoms with E-state index in [1.807, 2.05) is 93.6 Å². The number of amides is 1. The van der Waals surface area contributed by atoms with Gasteiger partial charge in [0.15, 0.2) is 11.7 Å². The van der Waals surface area contributed by atoms with Gasteiger partial charge in [-0.3, -0.25) is 0 Å². The molecular weight excluding hydrogens is 665 g/mol. The van der Waals surface area contributed by atoms with E-state index in [4.69, 9.17) is 14.3 Å². The molecule has 0 atom stereocenters. The standard InChI is InChI=1S/C40H40N4O6S/c1-39(2,3)50-38(47)44-22-21-28-25-33(20-19-29(28)26-44)48-23-24-49-43-35(36(45)46)34-27-51-37(41-34)42-40(30-13-7-4-8-14-30,31-15-9-5-10-16-31)32-17-11-6-12-18-32/h4-20,25,27H,21-24,26H2,1-3H3,(H,41,42)(H,45,46)/b43-35-. The molecule has 6 rings (SSSR count). The minimum atomic E-state index is -1.26. The van der Waals surface area contributed by atoms with Crippen LogP contribution in [0.1, 0.15) is 54.3 Å². The van der Waals surface area contributed by atoms with Crippen LogP contribution in [0.15, 0.2) is 120 Å². The maximum atomic E-state index is 12.5. The Labute approximate surface area is 301 Å². The molecule has 0 spiro atoms. The third-order valence-corrected chi connectivity index (χ3v) is 9.06. The van der Waals surface area contributed by atoms with E-state index in [0.29, 0.717) is 30.4 Å². The zero-order valence-corrected chi connectivity index (χ0v) is 29.6. The molecule has 0 radical (unpaired) electrons. The first-order valence-corrected chi connectivity index (χ1v) is 17.6. The number of fused-ring (bicyclic) bond motifs is 1. The van der Waals surface area contributed by atoms with Gasteiger partial charge in [0.1, 0.15) is 29.2 Å². The molecule has 10 nitrogen and oxygen atoms in total. The quantitative estimate of drug-likeness (QED) is 0.0586. The SMILES string of the molecule is CC(C)(C)OC(=O)N1CCc2cc(OCCO/N=C(\C(=O)O)c3csc(NC(c4ccccc4)(c4ccccc4)c4ccccc4)n3)ccc2C1. The van der Waals surface area contributed by atoms with Crippen LogP contribution in [0.2, 0.25) is 0 Å². The smallest absolute Gasteiger partial charge is 0.410 e. The van der Waals surface area contributed by atoms with Crippen molar-refractivity contribution in [2.45, 2.75) is 44.9 Å². The van der Waals surface area contributed by atoms with Gasteiger partial charge in [-0.25, -0.2) is 14.6 Å². The van der Waals surface area contributed by atoms with Gasteiger partial charge in [0.2, 0.25) is 5.71 Å². The average Bonchev–Trinajstić information content (AvgIpc) is 3.59. The van der Waals surface area contributed by atoms with E-state index in [9.17, 15) is 14.7 Å². The topological polar surface area (TPSA) is 123 Å². The molecule has 0 fully saturated rings. The van der Waals surface area contributed by atoms with E-state index >= 15 is 0 Å². The van der Waals surface area contributed by atoms with Crippen molar-refractivity contribution in [2.24, 2.45) is 5.16 Å². The lowest BCUT2D eigenvalue weighted by Gasteiger charge is -2.36. The minimum absolute atomic E-state index is 0.0225. The lowest BCUT2D eigenvalue weighted by atomic mass is 9.77. The molecular formula is C40H40N4O6S. The second kappa shape index (κ2) is 15.5. The molecule has 1 amide bonds. The summed E-state index contributed by atoms with van der Waals surface area (Å²) in [6.07, 6.45) is 0.360. The number of rotatable bonds is 12. The summed E-state index contributed by atoms with van der Waals surface area (Å²) in [7, 11) is 0. The maximum absolute atomic E-state index is 12.5. The molecule has 0 saturated carbocycles. The average molecular weight is 705 g/mol. The molecule has 4 aromatic carbocycles. The fourth-order valence-corrected chi connectivity index (χ4v) is 6.74. The Hall–Kier alpha value is -5.68. The monoisotopic (exact) mass is 704 g/mol. The highest BCUT2D eigenvalue weighted by Crippen LogP contribution is 2.40. The van der Waals surface area contributed by atoms with Crippen LogP contribution in [0.25, 0.3) is 0 Å². The van der Waals surface area contributed by atoms with Crippen LogP contribution in [-0.2, 0) is 32.9 Å². The number of anilines is 1. The first-order chi connectivity index (χ1) is 24.6. The van der Waals surface area contributed by atoms with Crippen LogP contribution in [0.4, 0.5) is 9.93 Å². The molecule has 11 heteroatoms. The molecule has 5 aromatic rings. The number of carboxylic acids is 1. The second-order valence-electron chi connectivity index (χ2n) is 13.0. The number of hydrogen-bond donors (Lipinski definition) is 2. The number of aliphatic carboxylic acids is 1. The first-order valence-electron chi connectivity index (χ1n) is 16.7. The van der Waals surface area contributed by atoms with Crippen molar-refractivity contribution >= 4 is 34.2 Å². The molecule has 2 heterocycles. The Kier molecular flexibility index (Phi) is 10.7. The summed E-state index contributed by atoms with van der Waals surface area (Å²) < 4.78 is 11.4. The Morgan fingerprint density at radius 3 is 2.04 bits per heavy atom. The van der Waals surface area contributed by atoms with Crippen molar-refractivity contribution in [2.75, 3.05) is 25.1 Å². The van der Waals surface area contributed by atoms with Crippen LogP contribution in [0.5, 0.6) is 5.75 Å². The van der Waals surface area contributed by atoms with Crippen LogP contribution >= 0.6 is 11.3 Å². The number of nitrogens with zero attached hydrogens (tertiary/aromatic N) is 3. The predicted molar refractivity (Wildman–Crippen MR) is 197 cm³/mol. The van der Waals surface area contributed by atoms with Crippen molar-refractivity contribution in [3.05, 3.63) is 148 Å². The van der Waals surface area contributed by atoms with Crippen molar-refractivity contribution in [1.29, 1.82) is 0 Å². The van der Waals surface area contributed by atoms with Crippen LogP contribution in [-0.4, -0.2) is 58.1 Å². The number of hydrogen-bond acceptors (Lipinski definition) is 9. The number of ether oxygens (including phenoxy) is 2. The molecule has 262 valence electrons. The van der Waals surface area contributed by atoms with Gasteiger partial charge in [0.05, 0.1) is 0 Å². The van der Waals surface area contributed by atoms with E-state index in [0.717, 1.165) is 27.8 Å². The van der Waals surface area contributed by atoms with Crippen molar-refractivity contribution in [3.8, 4) is 5.75 Å². The van der Waals surface area contributed by atoms with E-state index in [-0.39, 0.29) is 30.7 Å². The molecule has 0 aliphatic carbocycles. The number of benzene rings is 4. The predicted octanol–water partition coefficient (Wildman–Crippen LogP) is 7.72. The second-order valence-corrected chi connectivity index (χ2v) is 13.9. The van der Waals surface area contributed by atoms with Gasteiger partial charge in [-0.05, 0) is 67.1 Å². The van der Waals surface area contributed by atoms with E-state index in [1.165, 1.54) is 11.3 Å². The molecule has 2 N–H and O–H groups in total. The lowest BCUT2D eigenvalue weighted by Crippen LogP contribution is -2.39. The number of oxime groups is 1. The van der Waals surface area contributed by atoms with Gasteiger partial charge in [0, 0.05) is 18.5 Å². The fraction of sp³-hybridized carbons (Fsp3) is 0.250. The molecule has 1 aliphatic rings. The summed E-state index contributed by atoms with van der Waals surface area (Å²) in [6, 6.07) is 36.0. The van der Waals surface area contributed by atoms with Gasteiger partial charge in [-0.1, -0.05) is 102 Å². The van der Waals surface area contributed by atoms with Gasteiger partial charge in [-0.15, -0.1) is 11.3 Å². The zero-order chi connectivity index (χ0) is 35.8. The summed E-state index contributed by atoms with van der Waals surface area (Å²) in [5.74, 6) is -0.609. The zero-order valence-electron chi connectivity index (χ0n) is 28.7. The van der Waals surface area contributed by atoms with Crippen molar-refractivity contribution in [3.63, 3.8) is 0 Å². The van der Waals surface area contributed by atoms with E-state index in [1.54, 1.807) is 10.3 Å². The highest BCUT2D eigenvalue weighted by Gasteiger charge is 2.37. The van der Waals surface area contributed by atoms with Crippen LogP contribution in [0, 0.1) is 0 Å². The van der Waals surface area contributed by atoms with Crippen LogP contribution < -0.4 is 10.1 Å². The summed E-state index contributed by atoms with van der Waals surface area (Å²) >= 11 is 1.29. The Bertz CT molecular complexity index is 1880. The number of carbonyl (C=O) groups excluding carboxylic acids is 1. The fourth-order valence-electron chi connectivity index (χ4n) is 5.99.